The Morgan fingerprint density at radius 2 is 1.59 bits per heavy atom. The first-order chi connectivity index (χ1) is 12.7. The molecule has 0 N–H and O–H groups in total. The second kappa shape index (κ2) is 9.01. The Labute approximate surface area is 161 Å². The first-order valence-corrected chi connectivity index (χ1v) is 10.2. The summed E-state index contributed by atoms with van der Waals surface area (Å²) < 4.78 is 31.7. The second-order valence-electron chi connectivity index (χ2n) is 6.40. The van der Waals surface area contributed by atoms with Gasteiger partial charge in [0.1, 0.15) is 5.75 Å². The largest absolute Gasteiger partial charge is 0.494 e. The fourth-order valence-electron chi connectivity index (χ4n) is 2.51. The maximum atomic E-state index is 12.6. The van der Waals surface area contributed by atoms with E-state index < -0.39 is 10.0 Å². The zero-order valence-electron chi connectivity index (χ0n) is 16.2. The summed E-state index contributed by atoms with van der Waals surface area (Å²) in [6.07, 6.45) is 0. The number of carbonyl (C=O) groups excluding carboxylic acids is 1. The highest BCUT2D eigenvalue weighted by Gasteiger charge is 2.24. The topological polar surface area (TPSA) is 66.9 Å². The maximum Gasteiger partial charge on any atom is 0.243 e. The molecule has 0 aliphatic heterocycles. The molecule has 0 unspecified atom stereocenters. The minimum atomic E-state index is -3.70. The average molecular weight is 391 g/mol. The van der Waals surface area contributed by atoms with Crippen LogP contribution in [-0.2, 0) is 21.4 Å². The van der Waals surface area contributed by atoms with Gasteiger partial charge in [-0.25, -0.2) is 8.42 Å². The van der Waals surface area contributed by atoms with Crippen molar-refractivity contribution >= 4 is 15.9 Å². The molecule has 0 atom stereocenters. The van der Waals surface area contributed by atoms with Crippen LogP contribution in [0.5, 0.6) is 5.75 Å². The Morgan fingerprint density at radius 1 is 1.00 bits per heavy atom. The van der Waals surface area contributed by atoms with Crippen LogP contribution in [0, 0.1) is 6.92 Å². The Kier molecular flexibility index (Phi) is 6.98. The van der Waals surface area contributed by atoms with Gasteiger partial charge in [0.15, 0.2) is 0 Å². The standard InChI is InChI=1S/C20H26N2O4S/c1-5-26-18-10-8-17(9-11-18)14-21(3)20(23)15-22(4)27(24,25)19-12-6-16(2)7-13-19/h6-13H,5,14-15H2,1-4H3. The van der Waals surface area contributed by atoms with E-state index in [1.165, 1.54) is 11.9 Å². The van der Waals surface area contributed by atoms with Crippen molar-refractivity contribution in [2.24, 2.45) is 0 Å². The molecule has 146 valence electrons. The number of carbonyl (C=O) groups is 1. The quantitative estimate of drug-likeness (QED) is 0.695. The van der Waals surface area contributed by atoms with Gasteiger partial charge in [-0.2, -0.15) is 4.31 Å². The van der Waals surface area contributed by atoms with E-state index in [1.807, 2.05) is 38.1 Å². The van der Waals surface area contributed by atoms with Crippen LogP contribution in [0.4, 0.5) is 0 Å². The third-order valence-electron chi connectivity index (χ3n) is 4.17. The molecule has 0 fully saturated rings. The summed E-state index contributed by atoms with van der Waals surface area (Å²) in [4.78, 5) is 14.1. The average Bonchev–Trinajstić information content (AvgIpc) is 2.63. The monoisotopic (exact) mass is 390 g/mol. The lowest BCUT2D eigenvalue weighted by Crippen LogP contribution is -2.39. The number of likely N-dealkylation sites (N-methyl/N-ethyl adjacent to an activating group) is 2. The zero-order chi connectivity index (χ0) is 20.0. The number of ether oxygens (including phenoxy) is 1. The van der Waals surface area contributed by atoms with Crippen LogP contribution < -0.4 is 4.74 Å². The molecule has 2 aromatic rings. The number of benzene rings is 2. The smallest absolute Gasteiger partial charge is 0.243 e. The van der Waals surface area contributed by atoms with Crippen LogP contribution in [0.25, 0.3) is 0 Å². The highest BCUT2D eigenvalue weighted by molar-refractivity contribution is 7.89. The summed E-state index contributed by atoms with van der Waals surface area (Å²) in [5.74, 6) is 0.501. The molecule has 6 nitrogen and oxygen atoms in total. The van der Waals surface area contributed by atoms with E-state index in [4.69, 9.17) is 4.74 Å². The lowest BCUT2D eigenvalue weighted by molar-refractivity contribution is -0.130. The summed E-state index contributed by atoms with van der Waals surface area (Å²) in [6, 6.07) is 14.1. The Morgan fingerprint density at radius 3 is 2.15 bits per heavy atom. The fraction of sp³-hybridized carbons (Fsp3) is 0.350. The van der Waals surface area contributed by atoms with Gasteiger partial charge in [0.05, 0.1) is 18.0 Å². The van der Waals surface area contributed by atoms with Gasteiger partial charge in [-0.3, -0.25) is 4.79 Å². The molecule has 0 saturated heterocycles. The van der Waals surface area contributed by atoms with Gasteiger partial charge >= 0.3 is 0 Å². The van der Waals surface area contributed by atoms with Crippen molar-refractivity contribution in [3.05, 3.63) is 59.7 Å². The number of hydrogen-bond acceptors (Lipinski definition) is 4. The summed E-state index contributed by atoms with van der Waals surface area (Å²) >= 11 is 0. The predicted octanol–water partition coefficient (Wildman–Crippen LogP) is 2.67. The third kappa shape index (κ3) is 5.55. The van der Waals surface area contributed by atoms with Crippen LogP contribution >= 0.6 is 0 Å². The lowest BCUT2D eigenvalue weighted by Gasteiger charge is -2.22. The molecular formula is C20H26N2O4S. The number of rotatable bonds is 8. The number of sulfonamides is 1. The van der Waals surface area contributed by atoms with Crippen molar-refractivity contribution in [1.82, 2.24) is 9.21 Å². The molecule has 2 rings (SSSR count). The number of aryl methyl sites for hydroxylation is 1. The molecule has 1 amide bonds. The second-order valence-corrected chi connectivity index (χ2v) is 8.45. The zero-order valence-corrected chi connectivity index (χ0v) is 17.0. The highest BCUT2D eigenvalue weighted by Crippen LogP contribution is 2.16. The van der Waals surface area contributed by atoms with Gasteiger partial charge < -0.3 is 9.64 Å². The SMILES string of the molecule is CCOc1ccc(CN(C)C(=O)CN(C)S(=O)(=O)c2ccc(C)cc2)cc1. The van der Waals surface area contributed by atoms with Crippen LogP contribution in [0.1, 0.15) is 18.1 Å². The van der Waals surface area contributed by atoms with Gasteiger partial charge in [-0.1, -0.05) is 29.8 Å². The molecule has 0 spiro atoms. The molecule has 0 aliphatic rings. The Bertz CT molecular complexity index is 862. The molecule has 7 heteroatoms. The highest BCUT2D eigenvalue weighted by atomic mass is 32.2. The van der Waals surface area contributed by atoms with E-state index in [0.29, 0.717) is 13.2 Å². The van der Waals surface area contributed by atoms with Crippen LogP contribution in [0.3, 0.4) is 0 Å². The number of hydrogen-bond donors (Lipinski definition) is 0. The normalized spacial score (nSPS) is 11.4. The molecule has 27 heavy (non-hydrogen) atoms. The molecule has 0 radical (unpaired) electrons. The van der Waals surface area contributed by atoms with Crippen molar-refractivity contribution in [2.45, 2.75) is 25.3 Å². The van der Waals surface area contributed by atoms with Gasteiger partial charge in [0.2, 0.25) is 15.9 Å². The van der Waals surface area contributed by atoms with Crippen LogP contribution in [-0.4, -0.2) is 50.8 Å². The summed E-state index contributed by atoms with van der Waals surface area (Å²) in [7, 11) is -0.627. The van der Waals surface area contributed by atoms with E-state index in [0.717, 1.165) is 21.2 Å². The molecular weight excluding hydrogens is 364 g/mol. The van der Waals surface area contributed by atoms with E-state index in [-0.39, 0.29) is 17.3 Å². The molecule has 0 aliphatic carbocycles. The molecule has 0 heterocycles. The number of amides is 1. The molecule has 2 aromatic carbocycles. The van der Waals surface area contributed by atoms with Crippen molar-refractivity contribution in [2.75, 3.05) is 27.2 Å². The van der Waals surface area contributed by atoms with Gasteiger partial charge in [0.25, 0.3) is 0 Å². The summed E-state index contributed by atoms with van der Waals surface area (Å²) in [6.45, 7) is 4.58. The van der Waals surface area contributed by atoms with E-state index in [9.17, 15) is 13.2 Å². The molecule has 0 aromatic heterocycles. The minimum absolute atomic E-state index is 0.178. The summed E-state index contributed by atoms with van der Waals surface area (Å²) in [5, 5.41) is 0. The third-order valence-corrected chi connectivity index (χ3v) is 5.98. The Hall–Kier alpha value is -2.38. The predicted molar refractivity (Wildman–Crippen MR) is 105 cm³/mol. The van der Waals surface area contributed by atoms with Gasteiger partial charge in [-0.15, -0.1) is 0 Å². The van der Waals surface area contributed by atoms with E-state index in [2.05, 4.69) is 0 Å². The minimum Gasteiger partial charge on any atom is -0.494 e. The Balaban J connectivity index is 1.99. The van der Waals surface area contributed by atoms with Crippen molar-refractivity contribution in [3.8, 4) is 5.75 Å². The van der Waals surface area contributed by atoms with E-state index >= 15 is 0 Å². The van der Waals surface area contributed by atoms with Crippen molar-refractivity contribution in [1.29, 1.82) is 0 Å². The first kappa shape index (κ1) is 20.9. The number of nitrogens with zero attached hydrogens (tertiary/aromatic N) is 2. The van der Waals surface area contributed by atoms with Crippen LogP contribution in [0.15, 0.2) is 53.4 Å². The first-order valence-electron chi connectivity index (χ1n) is 8.72. The maximum absolute atomic E-state index is 12.6. The lowest BCUT2D eigenvalue weighted by atomic mass is 10.2. The van der Waals surface area contributed by atoms with Gasteiger partial charge in [0, 0.05) is 20.6 Å². The summed E-state index contributed by atoms with van der Waals surface area (Å²) in [5.41, 5.74) is 1.92. The van der Waals surface area contributed by atoms with Crippen LogP contribution in [0.2, 0.25) is 0 Å². The molecule has 0 bridgehead atoms. The van der Waals surface area contributed by atoms with Gasteiger partial charge in [-0.05, 0) is 43.7 Å². The van der Waals surface area contributed by atoms with Crippen molar-refractivity contribution < 1.29 is 17.9 Å². The van der Waals surface area contributed by atoms with E-state index in [1.54, 1.807) is 31.3 Å². The van der Waals surface area contributed by atoms with Crippen molar-refractivity contribution in [3.63, 3.8) is 0 Å². The fourth-order valence-corrected chi connectivity index (χ4v) is 3.63. The molecule has 0 saturated carbocycles.